The van der Waals surface area contributed by atoms with Gasteiger partial charge in [-0.2, -0.15) is 0 Å². The topological polar surface area (TPSA) is 220 Å². The molecule has 0 fully saturated rings. The fourth-order valence-corrected chi connectivity index (χ4v) is 2.31. The van der Waals surface area contributed by atoms with Crippen LogP contribution in [-0.2, 0) is 22.4 Å². The van der Waals surface area contributed by atoms with Gasteiger partial charge in [0.1, 0.15) is 11.6 Å². The van der Waals surface area contributed by atoms with Crippen LogP contribution < -0.4 is 17.0 Å². The fraction of sp³-hybridized carbons (Fsp3) is 0.263. The highest BCUT2D eigenvalue weighted by Gasteiger charge is 2.32. The van der Waals surface area contributed by atoms with Gasteiger partial charge in [0.15, 0.2) is 23.0 Å². The summed E-state index contributed by atoms with van der Waals surface area (Å²) in [4.78, 5) is 21.4. The van der Waals surface area contributed by atoms with Crippen molar-refractivity contribution in [3.05, 3.63) is 47.5 Å². The van der Waals surface area contributed by atoms with Gasteiger partial charge in [0, 0.05) is 6.42 Å². The number of carbonyl (C=O) groups is 2. The van der Waals surface area contributed by atoms with Gasteiger partial charge in [-0.05, 0) is 48.7 Å². The highest BCUT2D eigenvalue weighted by Crippen LogP contribution is 2.27. The van der Waals surface area contributed by atoms with Crippen LogP contribution in [0.25, 0.3) is 0 Å². The second-order valence-corrected chi connectivity index (χ2v) is 6.75. The minimum Gasteiger partial charge on any atom is -0.504 e. The molecule has 11 N–H and O–H groups in total. The first-order chi connectivity index (χ1) is 13.9. The Morgan fingerprint density at radius 2 is 1.40 bits per heavy atom. The first-order valence-corrected chi connectivity index (χ1v) is 8.61. The van der Waals surface area contributed by atoms with Gasteiger partial charge in [-0.15, -0.1) is 0 Å². The molecule has 0 spiro atoms. The first kappa shape index (κ1) is 24.5. The van der Waals surface area contributed by atoms with Crippen molar-refractivity contribution in [1.29, 1.82) is 0 Å². The molecule has 11 nitrogen and oxygen atoms in total. The second kappa shape index (κ2) is 10.3. The Bertz CT molecular complexity index is 905. The maximum absolute atomic E-state index is 11.0. The van der Waals surface area contributed by atoms with Crippen LogP contribution in [0.3, 0.4) is 0 Å². The van der Waals surface area contributed by atoms with Crippen LogP contribution >= 0.6 is 0 Å². The number of rotatable bonds is 7. The Kier molecular flexibility index (Phi) is 8.41. The largest absolute Gasteiger partial charge is 0.504 e. The van der Waals surface area contributed by atoms with Crippen molar-refractivity contribution >= 4 is 11.9 Å². The van der Waals surface area contributed by atoms with Crippen LogP contribution in [0.1, 0.15) is 18.1 Å². The quantitative estimate of drug-likeness (QED) is 0.164. The number of aliphatic carboxylic acids is 2. The van der Waals surface area contributed by atoms with Crippen molar-refractivity contribution in [3.63, 3.8) is 0 Å². The van der Waals surface area contributed by atoms with E-state index in [0.29, 0.717) is 11.1 Å². The predicted octanol–water partition coefficient (Wildman–Crippen LogP) is -0.000900. The molecule has 0 bridgehead atoms. The van der Waals surface area contributed by atoms with E-state index < -0.39 is 23.5 Å². The third-order valence-corrected chi connectivity index (χ3v) is 4.20. The molecule has 0 heterocycles. The number of hydrogen-bond acceptors (Lipinski definition) is 9. The van der Waals surface area contributed by atoms with Crippen molar-refractivity contribution < 1.29 is 40.2 Å². The minimum absolute atomic E-state index is 0.0900. The molecule has 0 saturated carbocycles. The predicted molar refractivity (Wildman–Crippen MR) is 106 cm³/mol. The average molecular weight is 423 g/mol. The third-order valence-electron chi connectivity index (χ3n) is 4.20. The highest BCUT2D eigenvalue weighted by molar-refractivity contribution is 5.78. The number of aromatic hydroxyl groups is 4. The minimum atomic E-state index is -1.32. The van der Waals surface area contributed by atoms with Crippen LogP contribution in [0.4, 0.5) is 0 Å². The number of hydrogen-bond donors (Lipinski definition) is 9. The van der Waals surface area contributed by atoms with E-state index in [4.69, 9.17) is 37.1 Å². The molecule has 11 heteroatoms. The van der Waals surface area contributed by atoms with Crippen LogP contribution in [0.5, 0.6) is 23.0 Å². The molecule has 2 aromatic rings. The fourth-order valence-electron chi connectivity index (χ4n) is 2.31. The molecule has 0 aliphatic rings. The molecule has 0 saturated heterocycles. The molecule has 2 aromatic carbocycles. The van der Waals surface area contributed by atoms with E-state index in [0.717, 1.165) is 0 Å². The van der Waals surface area contributed by atoms with E-state index in [-0.39, 0.29) is 35.8 Å². The number of nitrogens with two attached hydrogens (primary N) is 2. The van der Waals surface area contributed by atoms with E-state index in [2.05, 4.69) is 5.43 Å². The molecule has 0 aliphatic heterocycles. The van der Waals surface area contributed by atoms with Crippen LogP contribution in [0, 0.1) is 0 Å². The van der Waals surface area contributed by atoms with E-state index in [1.807, 2.05) is 0 Å². The second-order valence-electron chi connectivity index (χ2n) is 6.75. The molecule has 0 radical (unpaired) electrons. The third kappa shape index (κ3) is 6.81. The van der Waals surface area contributed by atoms with Crippen molar-refractivity contribution in [2.45, 2.75) is 31.3 Å². The summed E-state index contributed by atoms with van der Waals surface area (Å²) >= 11 is 0. The summed E-state index contributed by atoms with van der Waals surface area (Å²) in [6, 6.07) is 7.21. The van der Waals surface area contributed by atoms with Crippen LogP contribution in [-0.4, -0.2) is 54.2 Å². The van der Waals surface area contributed by atoms with Gasteiger partial charge in [0.05, 0.1) is 0 Å². The van der Waals surface area contributed by atoms with Gasteiger partial charge < -0.3 is 36.4 Å². The van der Waals surface area contributed by atoms with Crippen molar-refractivity contribution in [2.75, 3.05) is 0 Å². The van der Waals surface area contributed by atoms with Crippen LogP contribution in [0.15, 0.2) is 36.4 Å². The molecule has 2 rings (SSSR count). The van der Waals surface area contributed by atoms with Crippen molar-refractivity contribution in [3.8, 4) is 23.0 Å². The summed E-state index contributed by atoms with van der Waals surface area (Å²) < 4.78 is 0. The van der Waals surface area contributed by atoms with Crippen LogP contribution in [0.2, 0.25) is 0 Å². The van der Waals surface area contributed by atoms with E-state index in [1.165, 1.54) is 43.3 Å². The molecule has 2 atom stereocenters. The lowest BCUT2D eigenvalue weighted by Gasteiger charge is -2.23. The zero-order valence-electron chi connectivity index (χ0n) is 16.1. The number of phenolic OH excluding ortho intramolecular Hbond substituents is 4. The van der Waals surface area contributed by atoms with Crippen molar-refractivity contribution in [2.24, 2.45) is 11.6 Å². The maximum Gasteiger partial charge on any atom is 0.325 e. The van der Waals surface area contributed by atoms with Gasteiger partial charge in [-0.1, -0.05) is 12.1 Å². The lowest BCUT2D eigenvalue weighted by Crippen LogP contribution is -2.54. The SMILES string of the molecule is C[C@@](Cc1ccc(O)c(O)c1)(NN)C(=O)O.N[C@H](Cc1ccc(O)c(O)c1)C(=O)O. The Morgan fingerprint density at radius 1 is 0.933 bits per heavy atom. The zero-order chi connectivity index (χ0) is 23.1. The number of nitrogens with one attached hydrogen (secondary N) is 1. The number of carboxylic acid groups (broad SMARTS) is 2. The lowest BCUT2D eigenvalue weighted by atomic mass is 9.93. The van der Waals surface area contributed by atoms with Crippen molar-refractivity contribution in [1.82, 2.24) is 5.43 Å². The van der Waals surface area contributed by atoms with Gasteiger partial charge in [0.2, 0.25) is 0 Å². The summed E-state index contributed by atoms with van der Waals surface area (Å²) in [7, 11) is 0. The summed E-state index contributed by atoms with van der Waals surface area (Å²) in [6.07, 6.45) is 0.204. The standard InChI is InChI=1S/C10H14N2O4.C9H11NO4/c1-10(12-11,9(15)16)5-6-2-3-7(13)8(14)4-6;10-6(9(13)14)3-5-1-2-7(11)8(12)4-5/h2-4,12-14H,5,11H2,1H3,(H,15,16);1-2,4,6,11-12H,3,10H2,(H,13,14)/t10-;6-/m01/s1. The van der Waals surface area contributed by atoms with Gasteiger partial charge in [-0.3, -0.25) is 15.4 Å². The molecular weight excluding hydrogens is 398 g/mol. The monoisotopic (exact) mass is 423 g/mol. The molecule has 30 heavy (non-hydrogen) atoms. The number of benzene rings is 2. The first-order valence-electron chi connectivity index (χ1n) is 8.61. The van der Waals surface area contributed by atoms with E-state index >= 15 is 0 Å². The summed E-state index contributed by atoms with van der Waals surface area (Å²) in [5, 5.41) is 54.0. The summed E-state index contributed by atoms with van der Waals surface area (Å²) in [5.74, 6) is 1.93. The smallest absolute Gasteiger partial charge is 0.325 e. The van der Waals surface area contributed by atoms with Gasteiger partial charge >= 0.3 is 11.9 Å². The molecule has 0 aliphatic carbocycles. The molecule has 0 unspecified atom stereocenters. The highest BCUT2D eigenvalue weighted by atomic mass is 16.4. The average Bonchev–Trinajstić information content (AvgIpc) is 2.67. The Balaban J connectivity index is 0.000000303. The number of phenols is 4. The van der Waals surface area contributed by atoms with E-state index in [9.17, 15) is 14.7 Å². The molecule has 0 amide bonds. The summed E-state index contributed by atoms with van der Waals surface area (Å²) in [6.45, 7) is 1.43. The Labute approximate surface area is 171 Å². The maximum atomic E-state index is 11.0. The van der Waals surface area contributed by atoms with E-state index in [1.54, 1.807) is 0 Å². The lowest BCUT2D eigenvalue weighted by molar-refractivity contribution is -0.144. The van der Waals surface area contributed by atoms with Gasteiger partial charge in [-0.25, -0.2) is 5.43 Å². The molecule has 0 aromatic heterocycles. The Morgan fingerprint density at radius 3 is 1.80 bits per heavy atom. The zero-order valence-corrected chi connectivity index (χ0v) is 16.1. The summed E-state index contributed by atoms with van der Waals surface area (Å²) in [5.41, 5.74) is 7.31. The molecular formula is C19H25N3O8. The normalized spacial score (nSPS) is 13.4. The van der Waals surface area contributed by atoms with Gasteiger partial charge in [0.25, 0.3) is 0 Å². The Hall–Kier alpha value is -3.54. The number of carboxylic acids is 2. The number of hydrazine groups is 1. The molecule has 164 valence electrons.